The molecule has 1 rings (SSSR count). The van der Waals surface area contributed by atoms with Crippen LogP contribution in [0.5, 0.6) is 0 Å². The van der Waals surface area contributed by atoms with E-state index in [1.807, 2.05) is 23.8 Å². The molecule has 78 valence electrons. The van der Waals surface area contributed by atoms with Crippen molar-refractivity contribution >= 4 is 5.97 Å². The van der Waals surface area contributed by atoms with E-state index in [0.29, 0.717) is 6.54 Å². The van der Waals surface area contributed by atoms with E-state index < -0.39 is 0 Å². The number of aliphatic hydroxyl groups excluding tert-OH is 1. The van der Waals surface area contributed by atoms with Gasteiger partial charge in [-0.2, -0.15) is 0 Å². The highest BCUT2D eigenvalue weighted by atomic mass is 16.5. The van der Waals surface area contributed by atoms with Crippen LogP contribution in [-0.4, -0.2) is 29.4 Å². The molecule has 0 aliphatic heterocycles. The lowest BCUT2D eigenvalue weighted by Gasteiger charge is -2.05. The Kier molecular flexibility index (Phi) is 3.71. The minimum Gasteiger partial charge on any atom is -0.469 e. The van der Waals surface area contributed by atoms with Crippen LogP contribution in [0.2, 0.25) is 0 Å². The number of carbonyl (C=O) groups is 1. The summed E-state index contributed by atoms with van der Waals surface area (Å²) < 4.78 is 6.45. The molecule has 0 atom stereocenters. The van der Waals surface area contributed by atoms with Gasteiger partial charge in [-0.05, 0) is 18.6 Å². The zero-order valence-electron chi connectivity index (χ0n) is 8.49. The number of nitrogens with zero attached hydrogens (tertiary/aromatic N) is 1. The highest BCUT2D eigenvalue weighted by Gasteiger charge is 2.08. The first-order valence-corrected chi connectivity index (χ1v) is 4.50. The van der Waals surface area contributed by atoms with Crippen molar-refractivity contribution in [1.29, 1.82) is 0 Å². The second-order valence-corrected chi connectivity index (χ2v) is 3.18. The van der Waals surface area contributed by atoms with Crippen LogP contribution in [0.25, 0.3) is 0 Å². The van der Waals surface area contributed by atoms with Gasteiger partial charge in [-0.1, -0.05) is 0 Å². The van der Waals surface area contributed by atoms with Crippen LogP contribution in [0.3, 0.4) is 0 Å². The average Bonchev–Trinajstić information content (AvgIpc) is 2.47. The highest BCUT2D eigenvalue weighted by Crippen LogP contribution is 2.08. The van der Waals surface area contributed by atoms with Crippen LogP contribution >= 0.6 is 0 Å². The van der Waals surface area contributed by atoms with Crippen molar-refractivity contribution in [3.63, 3.8) is 0 Å². The Hall–Kier alpha value is -1.29. The lowest BCUT2D eigenvalue weighted by atomic mass is 10.3. The normalized spacial score (nSPS) is 10.2. The Morgan fingerprint density at radius 3 is 2.93 bits per heavy atom. The molecule has 0 amide bonds. The molecule has 0 aliphatic carbocycles. The Morgan fingerprint density at radius 1 is 1.64 bits per heavy atom. The lowest BCUT2D eigenvalue weighted by molar-refractivity contribution is -0.139. The molecule has 4 nitrogen and oxygen atoms in total. The second-order valence-electron chi connectivity index (χ2n) is 3.18. The van der Waals surface area contributed by atoms with Crippen molar-refractivity contribution in [3.8, 4) is 0 Å². The fourth-order valence-corrected chi connectivity index (χ4v) is 1.40. The molecule has 0 saturated carbocycles. The third kappa shape index (κ3) is 2.60. The summed E-state index contributed by atoms with van der Waals surface area (Å²) in [6.07, 6.45) is 2.17. The van der Waals surface area contributed by atoms with Crippen LogP contribution in [0.4, 0.5) is 0 Å². The number of aryl methyl sites for hydroxylation is 1. The molecule has 1 aromatic rings. The summed E-state index contributed by atoms with van der Waals surface area (Å²) in [6.45, 7) is 2.54. The summed E-state index contributed by atoms with van der Waals surface area (Å²) in [5.74, 6) is -0.262. The zero-order chi connectivity index (χ0) is 10.6. The van der Waals surface area contributed by atoms with Crippen molar-refractivity contribution in [3.05, 3.63) is 23.5 Å². The van der Waals surface area contributed by atoms with Crippen LogP contribution < -0.4 is 0 Å². The number of hydrogen-bond acceptors (Lipinski definition) is 3. The first-order valence-electron chi connectivity index (χ1n) is 4.50. The van der Waals surface area contributed by atoms with Gasteiger partial charge in [-0.25, -0.2) is 0 Å². The fraction of sp³-hybridized carbons (Fsp3) is 0.500. The second kappa shape index (κ2) is 4.81. The number of methoxy groups -OCH3 is 1. The molecule has 1 N–H and O–H groups in total. The summed E-state index contributed by atoms with van der Waals surface area (Å²) >= 11 is 0. The molecule has 0 fully saturated rings. The molecule has 4 heteroatoms. The Balaban J connectivity index is 2.78. The first kappa shape index (κ1) is 10.8. The molecule has 0 bridgehead atoms. The fourth-order valence-electron chi connectivity index (χ4n) is 1.40. The van der Waals surface area contributed by atoms with Gasteiger partial charge in [0, 0.05) is 18.4 Å². The topological polar surface area (TPSA) is 51.5 Å². The molecule has 0 unspecified atom stereocenters. The maximum atomic E-state index is 11.0. The smallest absolute Gasteiger partial charge is 0.311 e. The van der Waals surface area contributed by atoms with Crippen molar-refractivity contribution in [2.75, 3.05) is 13.7 Å². The van der Waals surface area contributed by atoms with Crippen LogP contribution in [0, 0.1) is 6.92 Å². The van der Waals surface area contributed by atoms with Crippen molar-refractivity contribution in [2.45, 2.75) is 19.9 Å². The molecule has 14 heavy (non-hydrogen) atoms. The number of aliphatic hydroxyl groups is 1. The van der Waals surface area contributed by atoms with Crippen molar-refractivity contribution in [2.24, 2.45) is 0 Å². The van der Waals surface area contributed by atoms with Gasteiger partial charge in [0.1, 0.15) is 0 Å². The minimum absolute atomic E-state index is 0.0717. The Labute approximate surface area is 83.1 Å². The minimum atomic E-state index is -0.262. The van der Waals surface area contributed by atoms with Gasteiger partial charge in [-0.3, -0.25) is 4.79 Å². The van der Waals surface area contributed by atoms with Gasteiger partial charge in [0.05, 0.1) is 20.1 Å². The maximum Gasteiger partial charge on any atom is 0.311 e. The summed E-state index contributed by atoms with van der Waals surface area (Å²) in [5, 5.41) is 8.81. The zero-order valence-corrected chi connectivity index (χ0v) is 8.49. The number of rotatable bonds is 4. The predicted molar refractivity (Wildman–Crippen MR) is 52.0 cm³/mol. The van der Waals surface area contributed by atoms with Crippen LogP contribution in [0.1, 0.15) is 11.3 Å². The third-order valence-corrected chi connectivity index (χ3v) is 2.02. The van der Waals surface area contributed by atoms with Gasteiger partial charge < -0.3 is 14.4 Å². The van der Waals surface area contributed by atoms with E-state index >= 15 is 0 Å². The van der Waals surface area contributed by atoms with Gasteiger partial charge in [0.2, 0.25) is 0 Å². The van der Waals surface area contributed by atoms with Gasteiger partial charge >= 0.3 is 5.97 Å². The monoisotopic (exact) mass is 197 g/mol. The van der Waals surface area contributed by atoms with E-state index in [9.17, 15) is 4.79 Å². The van der Waals surface area contributed by atoms with E-state index in [1.54, 1.807) is 0 Å². The molecule has 0 aromatic carbocycles. The third-order valence-electron chi connectivity index (χ3n) is 2.02. The number of hydrogen-bond donors (Lipinski definition) is 1. The van der Waals surface area contributed by atoms with E-state index in [-0.39, 0.29) is 19.0 Å². The predicted octanol–water partition coefficient (Wildman–Crippen LogP) is 0.504. The molecular formula is C10H15NO3. The van der Waals surface area contributed by atoms with Crippen molar-refractivity contribution in [1.82, 2.24) is 4.57 Å². The summed E-state index contributed by atoms with van der Waals surface area (Å²) in [5.41, 5.74) is 1.96. The number of ether oxygens (including phenoxy) is 1. The Morgan fingerprint density at radius 2 is 2.36 bits per heavy atom. The SMILES string of the molecule is COC(=O)Cc1cc(C)cn1CCO. The van der Waals surface area contributed by atoms with Gasteiger partial charge in [0.25, 0.3) is 0 Å². The number of esters is 1. The number of carbonyl (C=O) groups excluding carboxylic acids is 1. The molecule has 1 heterocycles. The van der Waals surface area contributed by atoms with E-state index in [1.165, 1.54) is 7.11 Å². The van der Waals surface area contributed by atoms with E-state index in [2.05, 4.69) is 4.74 Å². The summed E-state index contributed by atoms with van der Waals surface area (Å²) in [6, 6.07) is 1.92. The van der Waals surface area contributed by atoms with E-state index in [0.717, 1.165) is 11.3 Å². The van der Waals surface area contributed by atoms with Crippen LogP contribution in [-0.2, 0) is 22.5 Å². The summed E-state index contributed by atoms with van der Waals surface area (Å²) in [7, 11) is 1.37. The summed E-state index contributed by atoms with van der Waals surface area (Å²) in [4.78, 5) is 11.0. The molecule has 0 radical (unpaired) electrons. The molecule has 0 aliphatic rings. The lowest BCUT2D eigenvalue weighted by Crippen LogP contribution is -2.11. The maximum absolute atomic E-state index is 11.0. The standard InChI is InChI=1S/C10H15NO3/c1-8-5-9(6-10(13)14-2)11(7-8)3-4-12/h5,7,12H,3-4,6H2,1-2H3. The molecular weight excluding hydrogens is 182 g/mol. The van der Waals surface area contributed by atoms with Crippen LogP contribution in [0.15, 0.2) is 12.3 Å². The van der Waals surface area contributed by atoms with Crippen molar-refractivity contribution < 1.29 is 14.6 Å². The number of aromatic nitrogens is 1. The first-order chi connectivity index (χ1) is 6.67. The molecule has 0 saturated heterocycles. The van der Waals surface area contributed by atoms with E-state index in [4.69, 9.17) is 5.11 Å². The molecule has 1 aromatic heterocycles. The highest BCUT2D eigenvalue weighted by molar-refractivity contribution is 5.71. The Bertz CT molecular complexity index is 317. The van der Waals surface area contributed by atoms with Gasteiger partial charge in [0.15, 0.2) is 0 Å². The van der Waals surface area contributed by atoms with Gasteiger partial charge in [-0.15, -0.1) is 0 Å². The average molecular weight is 197 g/mol. The quantitative estimate of drug-likeness (QED) is 0.715. The molecule has 0 spiro atoms. The largest absolute Gasteiger partial charge is 0.469 e.